The van der Waals surface area contributed by atoms with E-state index in [0.717, 1.165) is 25.0 Å². The molecule has 0 bridgehead atoms. The highest BCUT2D eigenvalue weighted by atomic mass is 32.2. The number of hydrogen-bond acceptors (Lipinski definition) is 5. The first-order valence-corrected chi connectivity index (χ1v) is 21.0. The van der Waals surface area contributed by atoms with Crippen molar-refractivity contribution < 1.29 is 27.8 Å². The minimum absolute atomic E-state index is 0.000370. The molecule has 0 saturated carbocycles. The van der Waals surface area contributed by atoms with Gasteiger partial charge in [-0.1, -0.05) is 142 Å². The van der Waals surface area contributed by atoms with E-state index in [1.165, 1.54) is 122 Å². The fraction of sp³-hybridized carbons (Fsp3) is 0.971. The zero-order valence-electron chi connectivity index (χ0n) is 29.8. The number of unbranched alkanes of at least 4 members (excludes halogenated alkanes) is 20. The first kappa shape index (κ1) is 43.9. The highest BCUT2D eigenvalue weighted by molar-refractivity contribution is 7.99. The van der Waals surface area contributed by atoms with E-state index in [1.54, 1.807) is 11.8 Å². The molecule has 7 nitrogen and oxygen atoms in total. The largest absolute Gasteiger partial charge is 0.472 e. The summed E-state index contributed by atoms with van der Waals surface area (Å²) in [6.45, 7) is 5.22. The van der Waals surface area contributed by atoms with Crippen LogP contribution in [-0.4, -0.2) is 73.7 Å². The van der Waals surface area contributed by atoms with Gasteiger partial charge in [0.25, 0.3) is 0 Å². The minimum atomic E-state index is -4.16. The Hall–Kier alpha value is -0.110. The predicted octanol–water partition coefficient (Wildman–Crippen LogP) is 10.1. The summed E-state index contributed by atoms with van der Waals surface area (Å²) >= 11 is 1.79. The third-order valence-electron chi connectivity index (χ3n) is 8.04. The van der Waals surface area contributed by atoms with E-state index in [4.69, 9.17) is 9.05 Å². The number of carbonyl (C=O) groups is 1. The van der Waals surface area contributed by atoms with Gasteiger partial charge in [-0.05, 0) is 18.6 Å². The first-order valence-electron chi connectivity index (χ1n) is 18.4. The minimum Gasteiger partial charge on any atom is -0.350 e. The molecule has 0 aliphatic heterocycles. The van der Waals surface area contributed by atoms with Crippen molar-refractivity contribution in [3.63, 3.8) is 0 Å². The summed E-state index contributed by atoms with van der Waals surface area (Å²) in [6, 6.07) is -0.310. The number of carbonyl (C=O) groups excluding carboxylic acids is 1. The van der Waals surface area contributed by atoms with Crippen molar-refractivity contribution in [3.8, 4) is 0 Å². The van der Waals surface area contributed by atoms with Crippen LogP contribution in [0.3, 0.4) is 0 Å². The van der Waals surface area contributed by atoms with Crippen LogP contribution < -0.4 is 5.32 Å². The molecule has 0 fully saturated rings. The van der Waals surface area contributed by atoms with Crippen LogP contribution in [0, 0.1) is 0 Å². The number of nitrogens with one attached hydrogen (secondary N) is 1. The zero-order chi connectivity index (χ0) is 32.8. The van der Waals surface area contributed by atoms with Gasteiger partial charge in [0.05, 0.1) is 33.8 Å². The molecule has 1 amide bonds. The Morgan fingerprint density at radius 2 is 1.14 bits per heavy atom. The van der Waals surface area contributed by atoms with Gasteiger partial charge in [-0.3, -0.25) is 13.8 Å². The quantitative estimate of drug-likeness (QED) is 0.0404. The molecule has 2 N–H and O–H groups in total. The Morgan fingerprint density at radius 1 is 0.705 bits per heavy atom. The monoisotopic (exact) mass is 666 g/mol. The van der Waals surface area contributed by atoms with Gasteiger partial charge in [0.2, 0.25) is 5.91 Å². The molecule has 0 aromatic heterocycles. The normalized spacial score (nSPS) is 14.0. The van der Waals surface area contributed by atoms with E-state index in [1.807, 2.05) is 21.1 Å². The van der Waals surface area contributed by atoms with Crippen molar-refractivity contribution in [1.29, 1.82) is 0 Å². The number of amides is 1. The molecule has 264 valence electrons. The molecule has 1 unspecified atom stereocenters. The number of phosphoric acid groups is 1. The summed E-state index contributed by atoms with van der Waals surface area (Å²) in [4.78, 5) is 22.8. The molecule has 0 heterocycles. The van der Waals surface area contributed by atoms with Crippen molar-refractivity contribution in [1.82, 2.24) is 5.32 Å². The molecule has 9 heteroatoms. The summed E-state index contributed by atoms with van der Waals surface area (Å²) in [5, 5.41) is 3.07. The summed E-state index contributed by atoms with van der Waals surface area (Å²) < 4.78 is 23.6. The smallest absolute Gasteiger partial charge is 0.350 e. The van der Waals surface area contributed by atoms with Crippen LogP contribution in [0.4, 0.5) is 0 Å². The summed E-state index contributed by atoms with van der Waals surface area (Å²) in [5.41, 5.74) is 0. The van der Waals surface area contributed by atoms with Gasteiger partial charge in [0.15, 0.2) is 0 Å². The predicted molar refractivity (Wildman–Crippen MR) is 191 cm³/mol. The topological polar surface area (TPSA) is 84.9 Å². The van der Waals surface area contributed by atoms with Gasteiger partial charge in [-0.2, -0.15) is 11.8 Å². The van der Waals surface area contributed by atoms with Crippen LogP contribution in [0.1, 0.15) is 162 Å². The van der Waals surface area contributed by atoms with Gasteiger partial charge in [-0.15, -0.1) is 0 Å². The van der Waals surface area contributed by atoms with Crippen LogP contribution in [0.2, 0.25) is 0 Å². The average Bonchev–Trinajstić information content (AvgIpc) is 2.96. The lowest BCUT2D eigenvalue weighted by atomic mass is 10.0. The summed E-state index contributed by atoms with van der Waals surface area (Å²) in [7, 11) is 1.83. The van der Waals surface area contributed by atoms with Crippen LogP contribution >= 0.6 is 19.6 Å². The third-order valence-corrected chi connectivity index (χ3v) is 10.2. The van der Waals surface area contributed by atoms with Crippen LogP contribution in [0.25, 0.3) is 0 Å². The second-order valence-corrected chi connectivity index (χ2v) is 16.4. The fourth-order valence-corrected chi connectivity index (χ4v) is 6.92. The number of likely N-dealkylation sites (N-methyl/N-ethyl adjacent to an activating group) is 1. The van der Waals surface area contributed by atoms with Crippen molar-refractivity contribution in [3.05, 3.63) is 0 Å². The van der Waals surface area contributed by atoms with E-state index < -0.39 is 7.82 Å². The number of hydrogen-bond donors (Lipinski definition) is 2. The van der Waals surface area contributed by atoms with Crippen LogP contribution in [-0.2, 0) is 18.4 Å². The molecule has 0 aliphatic carbocycles. The average molecular weight is 666 g/mol. The number of rotatable bonds is 34. The fourth-order valence-electron chi connectivity index (χ4n) is 5.13. The molecular formula is C35H74N2O5PS+. The lowest BCUT2D eigenvalue weighted by molar-refractivity contribution is -0.870. The summed E-state index contributed by atoms with van der Waals surface area (Å²) in [6.07, 6.45) is 28.9. The maximum absolute atomic E-state index is 12.7. The Balaban J connectivity index is 4.24. The summed E-state index contributed by atoms with van der Waals surface area (Å²) in [5.74, 6) is 1.69. The molecule has 0 aliphatic rings. The highest BCUT2D eigenvalue weighted by Crippen LogP contribution is 2.43. The van der Waals surface area contributed by atoms with Crippen LogP contribution in [0.5, 0.6) is 0 Å². The van der Waals surface area contributed by atoms with Gasteiger partial charge in [0, 0.05) is 12.2 Å². The molecule has 0 radical (unpaired) electrons. The molecule has 0 aromatic carbocycles. The molecule has 2 atom stereocenters. The van der Waals surface area contributed by atoms with E-state index >= 15 is 0 Å². The number of thioether (sulfide) groups is 1. The third kappa shape index (κ3) is 33.3. The maximum Gasteiger partial charge on any atom is 0.472 e. The second-order valence-electron chi connectivity index (χ2n) is 13.8. The lowest BCUT2D eigenvalue weighted by Gasteiger charge is -2.24. The Bertz CT molecular complexity index is 693. The Morgan fingerprint density at radius 3 is 1.59 bits per heavy atom. The highest BCUT2D eigenvalue weighted by Gasteiger charge is 2.25. The first-order chi connectivity index (χ1) is 21.1. The van der Waals surface area contributed by atoms with Crippen molar-refractivity contribution in [2.75, 3.05) is 52.4 Å². The molecule has 0 aromatic rings. The molecule has 44 heavy (non-hydrogen) atoms. The Labute approximate surface area is 278 Å². The van der Waals surface area contributed by atoms with Crippen LogP contribution in [0.15, 0.2) is 0 Å². The lowest BCUT2D eigenvalue weighted by Crippen LogP contribution is -2.40. The van der Waals surface area contributed by atoms with Crippen molar-refractivity contribution in [2.45, 2.75) is 168 Å². The standard InChI is InChI=1S/C35H73N2O5PS/c1-6-8-10-12-14-16-17-18-19-20-21-23-25-27-31-44-33-34(32-42-43(39,40)41-30-29-37(3,4)5)36-35(38)28-26-24-22-15-13-11-9-7-2/h34H,6-33H2,1-5H3,(H-,36,38,39,40)/p+1/t34-/m0/s1. The molecule has 0 spiro atoms. The van der Waals surface area contributed by atoms with E-state index in [2.05, 4.69) is 19.2 Å². The van der Waals surface area contributed by atoms with Crippen molar-refractivity contribution >= 4 is 25.5 Å². The number of nitrogens with zero attached hydrogens (tertiary/aromatic N) is 1. The Kier molecular flexibility index (Phi) is 30.2. The SMILES string of the molecule is CCCCCCCCCCCCCCCCSC[C@H](COP(=O)(O)OCC[N+](C)(C)C)NC(=O)CCCCCCCCCC. The van der Waals surface area contributed by atoms with E-state index in [9.17, 15) is 14.3 Å². The number of phosphoric ester groups is 1. The van der Waals surface area contributed by atoms with Gasteiger partial charge < -0.3 is 14.7 Å². The van der Waals surface area contributed by atoms with E-state index in [-0.39, 0.29) is 25.2 Å². The maximum atomic E-state index is 12.7. The second kappa shape index (κ2) is 30.2. The zero-order valence-corrected chi connectivity index (χ0v) is 31.5. The molecule has 0 saturated heterocycles. The van der Waals surface area contributed by atoms with Gasteiger partial charge in [-0.25, -0.2) is 4.57 Å². The van der Waals surface area contributed by atoms with E-state index in [0.29, 0.717) is 23.2 Å². The molecule has 0 rings (SSSR count). The molecular weight excluding hydrogens is 591 g/mol. The van der Waals surface area contributed by atoms with Crippen molar-refractivity contribution in [2.24, 2.45) is 0 Å². The van der Waals surface area contributed by atoms with Gasteiger partial charge in [0.1, 0.15) is 13.2 Å². The van der Waals surface area contributed by atoms with Gasteiger partial charge >= 0.3 is 7.82 Å². The number of quaternary nitrogens is 1.